The minimum atomic E-state index is -0.327. The molecule has 0 aliphatic heterocycles. The number of hydrogen-bond donors (Lipinski definition) is 0. The maximum atomic E-state index is 11.0. The fourth-order valence-corrected chi connectivity index (χ4v) is 3.72. The molecule has 126 valence electrons. The van der Waals surface area contributed by atoms with E-state index in [1.807, 2.05) is 37.4 Å². The van der Waals surface area contributed by atoms with Gasteiger partial charge in [-0.3, -0.25) is 9.20 Å². The summed E-state index contributed by atoms with van der Waals surface area (Å²) in [6, 6.07) is 13.4. The maximum Gasteiger partial charge on any atom is 0.308 e. The van der Waals surface area contributed by atoms with Gasteiger partial charge in [-0.2, -0.15) is 0 Å². The van der Waals surface area contributed by atoms with Gasteiger partial charge in [0.1, 0.15) is 11.5 Å². The summed E-state index contributed by atoms with van der Waals surface area (Å²) in [5, 5.41) is 0. The first-order chi connectivity index (χ1) is 12.1. The van der Waals surface area contributed by atoms with Gasteiger partial charge in [0.25, 0.3) is 0 Å². The molecule has 0 radical (unpaired) electrons. The summed E-state index contributed by atoms with van der Waals surface area (Å²) >= 11 is 1.64. The molecule has 0 N–H and O–H groups in total. The third-order valence-electron chi connectivity index (χ3n) is 3.79. The highest BCUT2D eigenvalue weighted by molar-refractivity contribution is 7.23. The monoisotopic (exact) mass is 352 g/mol. The van der Waals surface area contributed by atoms with Crippen LogP contribution in [0.2, 0.25) is 0 Å². The Morgan fingerprint density at radius 3 is 2.64 bits per heavy atom. The van der Waals surface area contributed by atoms with Crippen LogP contribution in [0.3, 0.4) is 0 Å². The lowest BCUT2D eigenvalue weighted by Gasteiger charge is -2.02. The average molecular weight is 352 g/mol. The van der Waals surface area contributed by atoms with Crippen LogP contribution in [0.25, 0.3) is 26.4 Å². The lowest BCUT2D eigenvalue weighted by Crippen LogP contribution is -2.00. The number of rotatable bonds is 4. The third-order valence-corrected chi connectivity index (χ3v) is 4.82. The molecule has 5 nitrogen and oxygen atoms in total. The molecule has 4 aromatic rings. The van der Waals surface area contributed by atoms with Gasteiger partial charge in [-0.25, -0.2) is 4.98 Å². The Balaban J connectivity index is 1.73. The first-order valence-corrected chi connectivity index (χ1v) is 8.79. The van der Waals surface area contributed by atoms with Gasteiger partial charge in [-0.1, -0.05) is 11.3 Å². The van der Waals surface area contributed by atoms with Crippen molar-refractivity contribution in [2.75, 3.05) is 6.61 Å². The number of esters is 1. The van der Waals surface area contributed by atoms with E-state index in [2.05, 4.69) is 10.5 Å². The van der Waals surface area contributed by atoms with Crippen LogP contribution >= 0.6 is 11.3 Å². The summed E-state index contributed by atoms with van der Waals surface area (Å²) in [5.41, 5.74) is 2.94. The Kier molecular flexibility index (Phi) is 3.89. The maximum absolute atomic E-state index is 11.0. The van der Waals surface area contributed by atoms with Crippen molar-refractivity contribution in [3.05, 3.63) is 48.7 Å². The summed E-state index contributed by atoms with van der Waals surface area (Å²) < 4.78 is 13.9. The molecule has 0 saturated heterocycles. The number of nitrogens with zero attached hydrogens (tertiary/aromatic N) is 2. The molecule has 0 atom stereocenters. The summed E-state index contributed by atoms with van der Waals surface area (Å²) in [7, 11) is 0. The molecule has 0 fully saturated rings. The molecule has 2 aromatic heterocycles. The molecular weight excluding hydrogens is 336 g/mol. The van der Waals surface area contributed by atoms with E-state index >= 15 is 0 Å². The van der Waals surface area contributed by atoms with E-state index in [9.17, 15) is 4.79 Å². The van der Waals surface area contributed by atoms with Gasteiger partial charge in [0.15, 0.2) is 4.96 Å². The topological polar surface area (TPSA) is 52.8 Å². The molecule has 0 aliphatic carbocycles. The van der Waals surface area contributed by atoms with Gasteiger partial charge in [0, 0.05) is 24.8 Å². The van der Waals surface area contributed by atoms with Crippen LogP contribution < -0.4 is 9.47 Å². The van der Waals surface area contributed by atoms with E-state index in [0.29, 0.717) is 12.4 Å². The molecular formula is C19H16N2O3S. The zero-order valence-corrected chi connectivity index (χ0v) is 14.7. The van der Waals surface area contributed by atoms with Gasteiger partial charge in [0.2, 0.25) is 0 Å². The molecule has 2 aromatic carbocycles. The number of carbonyl (C=O) groups is 1. The van der Waals surface area contributed by atoms with Crippen molar-refractivity contribution in [1.82, 2.24) is 9.38 Å². The van der Waals surface area contributed by atoms with Crippen LogP contribution in [0.4, 0.5) is 0 Å². The first kappa shape index (κ1) is 15.7. The van der Waals surface area contributed by atoms with E-state index in [1.54, 1.807) is 23.5 Å². The smallest absolute Gasteiger partial charge is 0.308 e. The Labute approximate surface area is 148 Å². The largest absolute Gasteiger partial charge is 0.494 e. The number of benzene rings is 2. The van der Waals surface area contributed by atoms with E-state index in [1.165, 1.54) is 11.6 Å². The molecule has 6 heteroatoms. The van der Waals surface area contributed by atoms with Gasteiger partial charge in [0.05, 0.1) is 22.5 Å². The number of thiazole rings is 1. The molecule has 0 unspecified atom stereocenters. The standard InChI is InChI=1S/C19H16N2O3S/c1-3-23-15-8-9-18-17(10-15)21-11-16(20-19(21)25-18)13-4-6-14(7-5-13)24-12(2)22/h4-11H,3H2,1-2H3. The molecule has 0 bridgehead atoms. The van der Waals surface area contributed by atoms with Gasteiger partial charge in [-0.15, -0.1) is 0 Å². The molecule has 4 rings (SSSR count). The highest BCUT2D eigenvalue weighted by Gasteiger charge is 2.11. The molecule has 25 heavy (non-hydrogen) atoms. The van der Waals surface area contributed by atoms with Crippen molar-refractivity contribution in [2.45, 2.75) is 13.8 Å². The Bertz CT molecular complexity index is 1060. The van der Waals surface area contributed by atoms with Crippen molar-refractivity contribution in [3.8, 4) is 22.8 Å². The van der Waals surface area contributed by atoms with Crippen molar-refractivity contribution in [2.24, 2.45) is 0 Å². The van der Waals surface area contributed by atoms with E-state index < -0.39 is 0 Å². The van der Waals surface area contributed by atoms with Crippen LogP contribution in [0.5, 0.6) is 11.5 Å². The average Bonchev–Trinajstić information content (AvgIpc) is 3.13. The molecule has 0 spiro atoms. The van der Waals surface area contributed by atoms with E-state index in [0.717, 1.165) is 27.5 Å². The Hall–Kier alpha value is -2.86. The minimum Gasteiger partial charge on any atom is -0.494 e. The predicted molar refractivity (Wildman–Crippen MR) is 98.5 cm³/mol. The van der Waals surface area contributed by atoms with Crippen molar-refractivity contribution < 1.29 is 14.3 Å². The van der Waals surface area contributed by atoms with E-state index in [4.69, 9.17) is 14.5 Å². The second kappa shape index (κ2) is 6.22. The fourth-order valence-electron chi connectivity index (χ4n) is 2.73. The lowest BCUT2D eigenvalue weighted by molar-refractivity contribution is -0.131. The number of carbonyl (C=O) groups excluding carboxylic acids is 1. The molecule has 0 aliphatic rings. The zero-order valence-electron chi connectivity index (χ0n) is 13.9. The number of fused-ring (bicyclic) bond motifs is 3. The quantitative estimate of drug-likeness (QED) is 0.400. The number of imidazole rings is 1. The van der Waals surface area contributed by atoms with Crippen molar-refractivity contribution >= 4 is 32.5 Å². The normalized spacial score (nSPS) is 11.1. The highest BCUT2D eigenvalue weighted by atomic mass is 32.1. The summed E-state index contributed by atoms with van der Waals surface area (Å²) in [6.45, 7) is 4.00. The van der Waals surface area contributed by atoms with Crippen molar-refractivity contribution in [3.63, 3.8) is 0 Å². The third kappa shape index (κ3) is 2.96. The van der Waals surface area contributed by atoms with Crippen molar-refractivity contribution in [1.29, 1.82) is 0 Å². The SMILES string of the molecule is CCOc1ccc2sc3nc(-c4ccc(OC(C)=O)cc4)cn3c2c1. The number of ether oxygens (including phenoxy) is 2. The van der Waals surface area contributed by atoms with Gasteiger partial charge >= 0.3 is 5.97 Å². The minimum absolute atomic E-state index is 0.327. The highest BCUT2D eigenvalue weighted by Crippen LogP contribution is 2.32. The molecule has 2 heterocycles. The number of hydrogen-bond acceptors (Lipinski definition) is 5. The lowest BCUT2D eigenvalue weighted by atomic mass is 10.2. The van der Waals surface area contributed by atoms with Gasteiger partial charge < -0.3 is 9.47 Å². The van der Waals surface area contributed by atoms with Crippen LogP contribution in [0.15, 0.2) is 48.7 Å². The molecule has 0 saturated carbocycles. The predicted octanol–water partition coefficient (Wildman–Crippen LogP) is 4.54. The summed E-state index contributed by atoms with van der Waals surface area (Å²) in [4.78, 5) is 16.7. The summed E-state index contributed by atoms with van der Waals surface area (Å²) in [5.74, 6) is 1.06. The van der Waals surface area contributed by atoms with Crippen LogP contribution in [-0.2, 0) is 4.79 Å². The van der Waals surface area contributed by atoms with Crippen LogP contribution in [-0.4, -0.2) is 22.0 Å². The number of aromatic nitrogens is 2. The van der Waals surface area contributed by atoms with Gasteiger partial charge in [-0.05, 0) is 43.3 Å². The summed E-state index contributed by atoms with van der Waals surface area (Å²) in [6.07, 6.45) is 2.02. The molecule has 0 amide bonds. The van der Waals surface area contributed by atoms with Crippen LogP contribution in [0.1, 0.15) is 13.8 Å². The fraction of sp³-hybridized carbons (Fsp3) is 0.158. The Morgan fingerprint density at radius 2 is 1.92 bits per heavy atom. The Morgan fingerprint density at radius 1 is 1.16 bits per heavy atom. The zero-order chi connectivity index (χ0) is 17.4. The second-order valence-corrected chi connectivity index (χ2v) is 6.57. The second-order valence-electron chi connectivity index (χ2n) is 5.56. The first-order valence-electron chi connectivity index (χ1n) is 7.97. The van der Waals surface area contributed by atoms with E-state index in [-0.39, 0.29) is 5.97 Å². The van der Waals surface area contributed by atoms with Crippen LogP contribution in [0, 0.1) is 0 Å².